The van der Waals surface area contributed by atoms with Crippen LogP contribution in [0.3, 0.4) is 0 Å². The van der Waals surface area contributed by atoms with E-state index in [0.29, 0.717) is 11.8 Å². The Morgan fingerprint density at radius 2 is 2.00 bits per heavy atom. The third kappa shape index (κ3) is 3.59. The van der Waals surface area contributed by atoms with E-state index in [1.807, 2.05) is 17.8 Å². The van der Waals surface area contributed by atoms with Crippen molar-refractivity contribution < 1.29 is 9.72 Å². The van der Waals surface area contributed by atoms with Crippen LogP contribution < -0.4 is 0 Å². The minimum Gasteiger partial charge on any atom is -0.298 e. The average Bonchev–Trinajstić information content (AvgIpc) is 2.59. The van der Waals surface area contributed by atoms with E-state index in [-0.39, 0.29) is 16.7 Å². The highest BCUT2D eigenvalue weighted by Gasteiger charge is 2.27. The summed E-state index contributed by atoms with van der Waals surface area (Å²) in [4.78, 5) is 22.8. The number of aldehydes is 1. The van der Waals surface area contributed by atoms with Gasteiger partial charge in [-0.2, -0.15) is 0 Å². The molecule has 25 heavy (non-hydrogen) atoms. The van der Waals surface area contributed by atoms with E-state index in [4.69, 9.17) is 0 Å². The third-order valence-electron chi connectivity index (χ3n) is 4.39. The van der Waals surface area contributed by atoms with Gasteiger partial charge in [0.05, 0.1) is 4.92 Å². The third-order valence-corrected chi connectivity index (χ3v) is 5.46. The van der Waals surface area contributed by atoms with Gasteiger partial charge in [0.1, 0.15) is 11.8 Å². The Labute approximate surface area is 150 Å². The molecule has 0 unspecified atom stereocenters. The summed E-state index contributed by atoms with van der Waals surface area (Å²) in [5.74, 6) is 7.02. The molecule has 0 aromatic heterocycles. The monoisotopic (exact) mass is 351 g/mol. The predicted molar refractivity (Wildman–Crippen MR) is 99.3 cm³/mol. The summed E-state index contributed by atoms with van der Waals surface area (Å²) in [7, 11) is 0. The van der Waals surface area contributed by atoms with Crippen LogP contribution >= 0.6 is 11.8 Å². The van der Waals surface area contributed by atoms with E-state index >= 15 is 0 Å². The van der Waals surface area contributed by atoms with E-state index in [0.717, 1.165) is 17.7 Å². The summed E-state index contributed by atoms with van der Waals surface area (Å²) in [6.45, 7) is 4.46. The van der Waals surface area contributed by atoms with Crippen LogP contribution in [0.4, 0.5) is 5.69 Å². The van der Waals surface area contributed by atoms with E-state index < -0.39 is 4.92 Å². The molecule has 126 valence electrons. The smallest absolute Gasteiger partial charge is 0.285 e. The van der Waals surface area contributed by atoms with Gasteiger partial charge in [0.2, 0.25) is 0 Å². The molecule has 0 saturated carbocycles. The minimum atomic E-state index is -0.510. The summed E-state index contributed by atoms with van der Waals surface area (Å²) in [5.41, 5.74) is 2.65. The topological polar surface area (TPSA) is 60.2 Å². The Morgan fingerprint density at radius 3 is 2.72 bits per heavy atom. The highest BCUT2D eigenvalue weighted by Crippen LogP contribution is 2.41. The van der Waals surface area contributed by atoms with E-state index in [9.17, 15) is 14.9 Å². The van der Waals surface area contributed by atoms with Crippen molar-refractivity contribution in [3.8, 4) is 11.8 Å². The van der Waals surface area contributed by atoms with Crippen LogP contribution in [-0.4, -0.2) is 17.0 Å². The summed E-state index contributed by atoms with van der Waals surface area (Å²) in [6.07, 6.45) is 1.70. The molecule has 0 N–H and O–H groups in total. The molecule has 1 aliphatic heterocycles. The Hall–Kier alpha value is -2.58. The highest BCUT2D eigenvalue weighted by atomic mass is 32.2. The zero-order valence-electron chi connectivity index (χ0n) is 14.0. The molecular weight excluding hydrogens is 334 g/mol. The first-order valence-electron chi connectivity index (χ1n) is 7.94. The first-order chi connectivity index (χ1) is 11.9. The molecular formula is C20H17NO3S. The Balaban J connectivity index is 2.00. The zero-order valence-corrected chi connectivity index (χ0v) is 14.9. The number of benzene rings is 2. The molecule has 0 amide bonds. The minimum absolute atomic E-state index is 0.107. The van der Waals surface area contributed by atoms with Crippen LogP contribution in [0.5, 0.6) is 0 Å². The molecule has 2 aromatic carbocycles. The molecule has 4 nitrogen and oxygen atoms in total. The van der Waals surface area contributed by atoms with Gasteiger partial charge in [0.15, 0.2) is 0 Å². The summed E-state index contributed by atoms with van der Waals surface area (Å²) in [5, 5.41) is 11.2. The van der Waals surface area contributed by atoms with Crippen molar-refractivity contribution in [3.05, 3.63) is 68.8 Å². The fourth-order valence-corrected chi connectivity index (χ4v) is 4.32. The van der Waals surface area contributed by atoms with Crippen molar-refractivity contribution >= 4 is 23.7 Å². The van der Waals surface area contributed by atoms with Crippen molar-refractivity contribution in [3.63, 3.8) is 0 Å². The number of carbonyl (C=O) groups is 1. The maximum Gasteiger partial charge on any atom is 0.285 e. The summed E-state index contributed by atoms with van der Waals surface area (Å²) in [6, 6.07) is 10.4. The van der Waals surface area contributed by atoms with E-state index in [1.165, 1.54) is 28.7 Å². The lowest BCUT2D eigenvalue weighted by Crippen LogP contribution is -2.22. The average molecular weight is 351 g/mol. The number of nitro groups is 1. The lowest BCUT2D eigenvalue weighted by Gasteiger charge is -2.32. The number of rotatable bonds is 2. The maximum absolute atomic E-state index is 11.2. The van der Waals surface area contributed by atoms with E-state index in [1.54, 1.807) is 0 Å². The summed E-state index contributed by atoms with van der Waals surface area (Å²) < 4.78 is 0. The van der Waals surface area contributed by atoms with Crippen LogP contribution in [0, 0.1) is 22.0 Å². The molecule has 3 rings (SSSR count). The molecule has 1 heterocycles. The second-order valence-electron chi connectivity index (χ2n) is 6.59. The van der Waals surface area contributed by atoms with Crippen LogP contribution in [0.1, 0.15) is 47.3 Å². The van der Waals surface area contributed by atoms with Gasteiger partial charge in [-0.3, -0.25) is 14.9 Å². The Kier molecular flexibility index (Phi) is 4.65. The van der Waals surface area contributed by atoms with Gasteiger partial charge in [0.25, 0.3) is 5.69 Å². The largest absolute Gasteiger partial charge is 0.298 e. The van der Waals surface area contributed by atoms with Crippen molar-refractivity contribution in [2.45, 2.75) is 30.6 Å². The molecule has 5 heteroatoms. The number of fused-ring (bicyclic) bond motifs is 1. The highest BCUT2D eigenvalue weighted by molar-refractivity contribution is 7.99. The van der Waals surface area contributed by atoms with Gasteiger partial charge in [-0.05, 0) is 53.5 Å². The summed E-state index contributed by atoms with van der Waals surface area (Å²) >= 11 is 1.85. The van der Waals surface area contributed by atoms with Gasteiger partial charge in [0, 0.05) is 22.1 Å². The molecule has 0 radical (unpaired) electrons. The molecule has 0 spiro atoms. The SMILES string of the molecule is CC1(C)CCSc2ccc(C#Cc3ccc(C=O)cc3[N+](=O)[O-])cc21. The van der Waals surface area contributed by atoms with Crippen LogP contribution in [0.15, 0.2) is 41.3 Å². The second-order valence-corrected chi connectivity index (χ2v) is 7.73. The van der Waals surface area contributed by atoms with Gasteiger partial charge in [-0.1, -0.05) is 25.7 Å². The van der Waals surface area contributed by atoms with Gasteiger partial charge in [-0.15, -0.1) is 11.8 Å². The standard InChI is InChI=1S/C20H17NO3S/c1-20(2)9-10-25-19-8-5-14(11-17(19)20)3-6-16-7-4-15(13-22)12-18(16)21(23)24/h4-5,7-8,11-13H,9-10H2,1-2H3. The Morgan fingerprint density at radius 1 is 1.20 bits per heavy atom. The van der Waals surface area contributed by atoms with E-state index in [2.05, 4.69) is 37.8 Å². The van der Waals surface area contributed by atoms with Crippen molar-refractivity contribution in [2.75, 3.05) is 5.75 Å². The second kappa shape index (κ2) is 6.73. The quantitative estimate of drug-likeness (QED) is 0.344. The predicted octanol–water partition coefficient (Wildman–Crippen LogP) is 4.58. The molecule has 2 aromatic rings. The van der Waals surface area contributed by atoms with Crippen LogP contribution in [0.2, 0.25) is 0 Å². The van der Waals surface area contributed by atoms with Crippen molar-refractivity contribution in [1.29, 1.82) is 0 Å². The molecule has 0 bridgehead atoms. The maximum atomic E-state index is 11.2. The zero-order chi connectivity index (χ0) is 18.0. The van der Waals surface area contributed by atoms with Gasteiger partial charge >= 0.3 is 0 Å². The fraction of sp³-hybridized carbons (Fsp3) is 0.250. The number of hydrogen-bond acceptors (Lipinski definition) is 4. The number of hydrogen-bond donors (Lipinski definition) is 0. The normalized spacial score (nSPS) is 14.8. The first-order valence-corrected chi connectivity index (χ1v) is 8.92. The lowest BCUT2D eigenvalue weighted by molar-refractivity contribution is -0.385. The lowest BCUT2D eigenvalue weighted by atomic mass is 9.81. The van der Waals surface area contributed by atoms with Crippen LogP contribution in [-0.2, 0) is 5.41 Å². The number of nitro benzene ring substituents is 1. The molecule has 0 saturated heterocycles. The van der Waals surface area contributed by atoms with Crippen LogP contribution in [0.25, 0.3) is 0 Å². The van der Waals surface area contributed by atoms with Crippen molar-refractivity contribution in [1.82, 2.24) is 0 Å². The number of thioether (sulfide) groups is 1. The molecule has 0 fully saturated rings. The Bertz CT molecular complexity index is 922. The number of nitrogens with zero attached hydrogens (tertiary/aromatic N) is 1. The first kappa shape index (κ1) is 17.2. The van der Waals surface area contributed by atoms with Gasteiger partial charge in [-0.25, -0.2) is 0 Å². The van der Waals surface area contributed by atoms with Gasteiger partial charge < -0.3 is 0 Å². The number of carbonyl (C=O) groups excluding carboxylic acids is 1. The molecule has 0 aliphatic carbocycles. The van der Waals surface area contributed by atoms with Crippen molar-refractivity contribution in [2.24, 2.45) is 0 Å². The molecule has 1 aliphatic rings. The molecule has 0 atom stereocenters. The fourth-order valence-electron chi connectivity index (χ4n) is 2.83.